The number of ether oxygens (including phenoxy) is 4. The van der Waals surface area contributed by atoms with Crippen LogP contribution in [-0.4, -0.2) is 65.1 Å². The average Bonchev–Trinajstić information content (AvgIpc) is 3.18. The van der Waals surface area contributed by atoms with E-state index in [9.17, 15) is 24.0 Å². The minimum atomic E-state index is -1.14. The number of alkyl halides is 1. The molecule has 1 N–H and O–H groups in total. The molecule has 0 bridgehead atoms. The molecule has 2 aromatic rings. The number of nitrogens with zero attached hydrogens (tertiary/aromatic N) is 1. The average molecular weight is 1550 g/mol. The van der Waals surface area contributed by atoms with Crippen LogP contribution in [0.4, 0.5) is 0 Å². The van der Waals surface area contributed by atoms with Gasteiger partial charge < -0.3 is 24.3 Å². The van der Waals surface area contributed by atoms with Crippen molar-refractivity contribution < 1.29 is 61.1 Å². The van der Waals surface area contributed by atoms with Gasteiger partial charge in [-0.15, -0.1) is 0 Å². The molecule has 2 aliphatic carbocycles. The Kier molecular flexibility index (Phi) is 23.1. The normalized spacial score (nSPS) is 18.8. The second-order valence-electron chi connectivity index (χ2n) is 12.7. The van der Waals surface area contributed by atoms with E-state index in [2.05, 4.69) is 118 Å². The third-order valence-electron chi connectivity index (χ3n) is 9.16. The third-order valence-corrected chi connectivity index (χ3v) is 9.55. The number of carbonyl (C=O) groups excluding carboxylic acids is 5. The Hall–Kier alpha value is 0.514. The van der Waals surface area contributed by atoms with Crippen molar-refractivity contribution in [1.82, 2.24) is 10.2 Å². The van der Waals surface area contributed by atoms with Crippen molar-refractivity contribution in [3.63, 3.8) is 0 Å². The number of hydrogen-bond donors (Lipinski definition) is 1. The summed E-state index contributed by atoms with van der Waals surface area (Å²) in [6.45, 7) is 1.67. The summed E-state index contributed by atoms with van der Waals surface area (Å²) in [7, 11) is 2.54. The van der Waals surface area contributed by atoms with E-state index >= 15 is 0 Å². The van der Waals surface area contributed by atoms with Gasteiger partial charge in [-0.05, 0) is 43.7 Å². The summed E-state index contributed by atoms with van der Waals surface area (Å²) in [5.74, 6) is -2.61. The van der Waals surface area contributed by atoms with Crippen LogP contribution < -0.4 is 18.6 Å². The van der Waals surface area contributed by atoms with Crippen molar-refractivity contribution >= 4 is 154 Å². The molecule has 2 heterocycles. The first-order valence-corrected chi connectivity index (χ1v) is 44.4. The van der Waals surface area contributed by atoms with Gasteiger partial charge in [-0.25, -0.2) is 14.5 Å². The van der Waals surface area contributed by atoms with Crippen molar-refractivity contribution in [3.05, 3.63) is 83.3 Å². The third kappa shape index (κ3) is 14.0. The Morgan fingerprint density at radius 2 is 1.18 bits per heavy atom. The van der Waals surface area contributed by atoms with Crippen molar-refractivity contribution in [3.8, 4) is 0 Å². The number of methoxy groups -OCH3 is 2. The fraction of sp³-hybridized carbons (Fsp3) is 0.432. The first-order chi connectivity index (χ1) is 26.7. The molecule has 4 aliphatic rings. The van der Waals surface area contributed by atoms with E-state index in [1.165, 1.54) is 19.1 Å². The van der Waals surface area contributed by atoms with E-state index < -0.39 is 34.1 Å². The molecule has 56 heavy (non-hydrogen) atoms. The fourth-order valence-electron chi connectivity index (χ4n) is 6.78. The van der Waals surface area contributed by atoms with Crippen LogP contribution >= 0.6 is 113 Å². The fourth-order valence-corrected chi connectivity index (χ4v) is 6.99. The van der Waals surface area contributed by atoms with E-state index in [1.54, 1.807) is 43.3 Å². The number of carbonyl (C=O) groups is 5. The number of hydrogen-bond acceptors (Lipinski definition) is 9. The Morgan fingerprint density at radius 1 is 0.768 bits per heavy atom. The summed E-state index contributed by atoms with van der Waals surface area (Å²) in [6.07, 6.45) is 8.07. The predicted octanol–water partition coefficient (Wildman–Crippen LogP) is 7.21. The monoisotopic (exact) mass is 1550 g/mol. The molecule has 6 rings (SSSR count). The van der Waals surface area contributed by atoms with E-state index in [4.69, 9.17) is 18.9 Å². The van der Waals surface area contributed by atoms with Gasteiger partial charge in [0.25, 0.3) is 11.8 Å². The van der Waals surface area contributed by atoms with Crippen molar-refractivity contribution in [1.29, 1.82) is 0 Å². The standard InChI is InChI=1S/C20H22BrNO5.C17H19NO4.I3.3HI.V/c1-13(21)17(23)22-18(24)15(14-9-5-3-6-10-14)16(19(25)26-2)27-20(22)11-7-4-8-12-20;1-21-16(20)14-13(12-8-4-2-5-9-12)15(19)18-17(22-14)10-6-3-7-11-17;1-3-2;;;;/h3,5-6,9-10,13H,4,7-8,11-12H2,1-2H3;2,4-5,8-9H,3,6-7,10-11H2,1H3,(H,18,19);;3*1H;/q;;-1;;;;+3/p-3. The topological polar surface area (TPSA) is 138 Å². The molecule has 1 atom stereocenters. The number of halogens is 7. The molecule has 2 saturated carbocycles. The zero-order chi connectivity index (χ0) is 41.5. The van der Waals surface area contributed by atoms with E-state index in [-0.39, 0.29) is 39.4 Å². The molecular weight excluding hydrogens is 1510 g/mol. The molecular formula is C37H41BrI6N2O9V-. The molecule has 11 nitrogen and oxygen atoms in total. The Morgan fingerprint density at radius 3 is 1.61 bits per heavy atom. The molecule has 2 fully saturated rings. The number of imide groups is 1. The van der Waals surface area contributed by atoms with Crippen LogP contribution in [0.2, 0.25) is 0 Å². The van der Waals surface area contributed by atoms with Gasteiger partial charge in [-0.3, -0.25) is 14.4 Å². The zero-order valence-corrected chi connectivity index (χ0v) is 46.6. The molecule has 0 aromatic heterocycles. The second kappa shape index (κ2) is 25.4. The van der Waals surface area contributed by atoms with E-state index in [0.717, 1.165) is 38.5 Å². The van der Waals surface area contributed by atoms with Crippen LogP contribution in [0.15, 0.2) is 72.2 Å². The maximum atomic E-state index is 13.5. The van der Waals surface area contributed by atoms with E-state index in [1.807, 2.05) is 24.3 Å². The Balaban J connectivity index is 0.000000261. The van der Waals surface area contributed by atoms with Crippen LogP contribution in [0.1, 0.15) is 82.3 Å². The molecule has 0 saturated heterocycles. The summed E-state index contributed by atoms with van der Waals surface area (Å²) in [6, 6.07) is 17.8. The van der Waals surface area contributed by atoms with Gasteiger partial charge in [0.05, 0.1) is 30.2 Å². The number of amides is 3. The van der Waals surface area contributed by atoms with Crippen LogP contribution in [0.25, 0.3) is 11.1 Å². The Bertz CT molecular complexity index is 1740. The zero-order valence-electron chi connectivity index (χ0n) is 30.6. The SMILES string of the molecule is COC(=O)C1=C(c2ccccc2)C(=O)N(C(=O)C(C)Br)C2(CCCCC2)O1.COC(=O)C1=C(c2ccccc2)C(=O)NC2(CCCCC2)O1.I[I-]I.[I][V]([I])[I]. The molecule has 1 unspecified atom stereocenters. The first-order valence-electron chi connectivity index (χ1n) is 17.3. The van der Waals surface area contributed by atoms with Gasteiger partial charge in [-0.1, -0.05) is 89.4 Å². The molecule has 3 amide bonds. The van der Waals surface area contributed by atoms with Gasteiger partial charge in [0.15, 0.2) is 11.4 Å². The van der Waals surface area contributed by atoms with Gasteiger partial charge in [-0.2, -0.15) is 0 Å². The van der Waals surface area contributed by atoms with Gasteiger partial charge in [0.1, 0.15) is 0 Å². The van der Waals surface area contributed by atoms with Crippen LogP contribution in [-0.2, 0) is 47.8 Å². The molecule has 2 aromatic carbocycles. The van der Waals surface area contributed by atoms with Crippen molar-refractivity contribution in [2.75, 3.05) is 14.2 Å². The molecule has 19 heteroatoms. The maximum absolute atomic E-state index is 13.5. The van der Waals surface area contributed by atoms with Gasteiger partial charge in [0.2, 0.25) is 17.4 Å². The van der Waals surface area contributed by atoms with E-state index in [0.29, 0.717) is 50.1 Å². The van der Waals surface area contributed by atoms with Gasteiger partial charge in [0, 0.05) is 25.7 Å². The first kappa shape index (κ1) is 50.9. The molecule has 0 radical (unpaired) electrons. The number of rotatable bonds is 5. The summed E-state index contributed by atoms with van der Waals surface area (Å²) >= 11 is 16.0. The van der Waals surface area contributed by atoms with Crippen molar-refractivity contribution in [2.24, 2.45) is 0 Å². The summed E-state index contributed by atoms with van der Waals surface area (Å²) in [4.78, 5) is 64.1. The molecule has 2 spiro atoms. The minimum absolute atomic E-state index is 0.0133. The predicted molar refractivity (Wildman–Crippen MR) is 253 cm³/mol. The quantitative estimate of drug-likeness (QED) is 0.187. The van der Waals surface area contributed by atoms with Crippen molar-refractivity contribution in [2.45, 2.75) is 87.4 Å². The molecule has 2 aliphatic heterocycles. The summed E-state index contributed by atoms with van der Waals surface area (Å²) < 4.78 is 21.8. The summed E-state index contributed by atoms with van der Waals surface area (Å²) in [5.41, 5.74) is -0.462. The second-order valence-corrected chi connectivity index (χ2v) is 65.7. The van der Waals surface area contributed by atoms with Crippen LogP contribution in [0.3, 0.4) is 0 Å². The van der Waals surface area contributed by atoms with Crippen LogP contribution in [0.5, 0.6) is 0 Å². The van der Waals surface area contributed by atoms with Gasteiger partial charge >= 0.3 is 127 Å². The van der Waals surface area contributed by atoms with Crippen LogP contribution in [0, 0.1) is 0 Å². The number of esters is 2. The molecule has 308 valence electrons. The number of nitrogens with one attached hydrogen (secondary N) is 1. The summed E-state index contributed by atoms with van der Waals surface area (Å²) in [5, 5.41) is 2.96. The number of benzene rings is 2. The Labute approximate surface area is 403 Å².